The van der Waals surface area contributed by atoms with Gasteiger partial charge < -0.3 is 9.84 Å². The van der Waals surface area contributed by atoms with Gasteiger partial charge in [-0.3, -0.25) is 0 Å². The summed E-state index contributed by atoms with van der Waals surface area (Å²) < 4.78 is 19.0. The van der Waals surface area contributed by atoms with Crippen LogP contribution < -0.4 is 4.74 Å². The number of rotatable bonds is 3. The van der Waals surface area contributed by atoms with Gasteiger partial charge in [-0.1, -0.05) is 18.2 Å². The van der Waals surface area contributed by atoms with E-state index < -0.39 is 0 Å². The van der Waals surface area contributed by atoms with Gasteiger partial charge in [0, 0.05) is 6.07 Å². The van der Waals surface area contributed by atoms with E-state index in [9.17, 15) is 4.39 Å². The number of ether oxygens (including phenoxy) is 1. The zero-order valence-electron chi connectivity index (χ0n) is 10.4. The number of benzene rings is 2. The molecule has 2 nitrogen and oxygen atoms in total. The first-order chi connectivity index (χ1) is 8.60. The van der Waals surface area contributed by atoms with Crippen molar-refractivity contribution in [3.8, 4) is 11.5 Å². The maximum absolute atomic E-state index is 13.4. The van der Waals surface area contributed by atoms with Crippen molar-refractivity contribution in [3.63, 3.8) is 0 Å². The molecule has 2 aromatic carbocycles. The van der Waals surface area contributed by atoms with Crippen LogP contribution in [0.3, 0.4) is 0 Å². The van der Waals surface area contributed by atoms with E-state index in [4.69, 9.17) is 9.84 Å². The molecule has 0 bridgehead atoms. The van der Waals surface area contributed by atoms with Crippen molar-refractivity contribution < 1.29 is 14.2 Å². The molecule has 0 aromatic heterocycles. The molecule has 2 aromatic rings. The van der Waals surface area contributed by atoms with Crippen LogP contribution >= 0.6 is 0 Å². The van der Waals surface area contributed by atoms with Gasteiger partial charge in [0.15, 0.2) is 0 Å². The Morgan fingerprint density at radius 1 is 1.06 bits per heavy atom. The van der Waals surface area contributed by atoms with E-state index >= 15 is 0 Å². The predicted octanol–water partition coefficient (Wildman–Crippen LogP) is 3.73. The van der Waals surface area contributed by atoms with Crippen molar-refractivity contribution in [2.75, 3.05) is 0 Å². The number of aliphatic hydroxyl groups excluding tert-OH is 1. The van der Waals surface area contributed by atoms with E-state index in [2.05, 4.69) is 0 Å². The summed E-state index contributed by atoms with van der Waals surface area (Å²) in [5.41, 5.74) is 2.33. The highest BCUT2D eigenvalue weighted by atomic mass is 19.1. The van der Waals surface area contributed by atoms with Gasteiger partial charge >= 0.3 is 0 Å². The second-order valence-electron chi connectivity index (χ2n) is 4.27. The third kappa shape index (κ3) is 2.68. The molecule has 0 aliphatic heterocycles. The molecule has 0 spiro atoms. The van der Waals surface area contributed by atoms with Crippen molar-refractivity contribution in [1.29, 1.82) is 0 Å². The Balaban J connectivity index is 2.25. The summed E-state index contributed by atoms with van der Waals surface area (Å²) in [4.78, 5) is 0. The molecule has 1 N–H and O–H groups in total. The maximum Gasteiger partial charge on any atom is 0.130 e. The number of aryl methyl sites for hydroxylation is 2. The fraction of sp³-hybridized carbons (Fsp3) is 0.200. The van der Waals surface area contributed by atoms with Gasteiger partial charge in [0.25, 0.3) is 0 Å². The first kappa shape index (κ1) is 12.6. The van der Waals surface area contributed by atoms with Crippen LogP contribution in [0.5, 0.6) is 11.5 Å². The average Bonchev–Trinajstić information content (AvgIpc) is 2.36. The molecule has 0 atom stereocenters. The Morgan fingerprint density at radius 2 is 1.83 bits per heavy atom. The molecule has 0 saturated carbocycles. The molecule has 0 aliphatic rings. The minimum Gasteiger partial charge on any atom is -0.457 e. The summed E-state index contributed by atoms with van der Waals surface area (Å²) in [6.07, 6.45) is 0. The Kier molecular flexibility index (Phi) is 3.63. The Labute approximate surface area is 106 Å². The van der Waals surface area contributed by atoms with Crippen LogP contribution in [0.25, 0.3) is 0 Å². The lowest BCUT2D eigenvalue weighted by Crippen LogP contribution is -1.91. The molecule has 0 unspecified atom stereocenters. The number of hydrogen-bond acceptors (Lipinski definition) is 2. The smallest absolute Gasteiger partial charge is 0.130 e. The zero-order valence-corrected chi connectivity index (χ0v) is 10.4. The van der Waals surface area contributed by atoms with E-state index in [-0.39, 0.29) is 12.4 Å². The third-order valence-electron chi connectivity index (χ3n) is 2.79. The molecule has 0 amide bonds. The standard InChI is InChI=1S/C15H15FO2/c1-10-3-5-13(8-14(10)16)18-15-6-4-12(9-17)7-11(15)2/h3-8,17H,9H2,1-2H3. The van der Waals surface area contributed by atoms with Gasteiger partial charge in [-0.15, -0.1) is 0 Å². The van der Waals surface area contributed by atoms with E-state index in [1.807, 2.05) is 13.0 Å². The van der Waals surface area contributed by atoms with Gasteiger partial charge in [-0.25, -0.2) is 4.39 Å². The first-order valence-electron chi connectivity index (χ1n) is 5.74. The molecule has 0 heterocycles. The second kappa shape index (κ2) is 5.19. The van der Waals surface area contributed by atoms with Crippen molar-refractivity contribution in [2.45, 2.75) is 20.5 Å². The largest absolute Gasteiger partial charge is 0.457 e. The van der Waals surface area contributed by atoms with Crippen molar-refractivity contribution >= 4 is 0 Å². The summed E-state index contributed by atoms with van der Waals surface area (Å²) in [6.45, 7) is 3.60. The quantitative estimate of drug-likeness (QED) is 0.894. The van der Waals surface area contributed by atoms with Crippen LogP contribution in [0.2, 0.25) is 0 Å². The molecule has 2 rings (SSSR count). The number of halogens is 1. The van der Waals surface area contributed by atoms with E-state index in [1.54, 1.807) is 31.2 Å². The second-order valence-corrected chi connectivity index (χ2v) is 4.27. The monoisotopic (exact) mass is 246 g/mol. The minimum atomic E-state index is -0.280. The van der Waals surface area contributed by atoms with Gasteiger partial charge in [0.2, 0.25) is 0 Å². The van der Waals surface area contributed by atoms with Crippen molar-refractivity contribution in [3.05, 3.63) is 58.9 Å². The zero-order chi connectivity index (χ0) is 13.1. The van der Waals surface area contributed by atoms with Gasteiger partial charge in [-0.05, 0) is 42.7 Å². The van der Waals surface area contributed by atoms with Crippen LogP contribution in [0.15, 0.2) is 36.4 Å². The molecule has 3 heteroatoms. The Bertz CT molecular complexity index is 564. The van der Waals surface area contributed by atoms with Crippen molar-refractivity contribution in [1.82, 2.24) is 0 Å². The third-order valence-corrected chi connectivity index (χ3v) is 2.79. The van der Waals surface area contributed by atoms with Crippen LogP contribution in [-0.4, -0.2) is 5.11 Å². The molecular formula is C15H15FO2. The highest BCUT2D eigenvalue weighted by Gasteiger charge is 2.05. The summed E-state index contributed by atoms with van der Waals surface area (Å²) in [5.74, 6) is 0.852. The SMILES string of the molecule is Cc1ccc(Oc2ccc(CO)cc2C)cc1F. The minimum absolute atomic E-state index is 0.000278. The first-order valence-corrected chi connectivity index (χ1v) is 5.74. The Hall–Kier alpha value is -1.87. The summed E-state index contributed by atoms with van der Waals surface area (Å²) >= 11 is 0. The molecule has 94 valence electrons. The highest BCUT2D eigenvalue weighted by molar-refractivity contribution is 5.40. The van der Waals surface area contributed by atoms with Gasteiger partial charge in [0.05, 0.1) is 6.61 Å². The Morgan fingerprint density at radius 3 is 2.44 bits per heavy atom. The predicted molar refractivity (Wildman–Crippen MR) is 68.3 cm³/mol. The fourth-order valence-electron chi connectivity index (χ4n) is 1.69. The topological polar surface area (TPSA) is 29.5 Å². The molecule has 18 heavy (non-hydrogen) atoms. The maximum atomic E-state index is 13.4. The van der Waals surface area contributed by atoms with Gasteiger partial charge in [0.1, 0.15) is 17.3 Å². The summed E-state index contributed by atoms with van der Waals surface area (Å²) in [5, 5.41) is 9.02. The van der Waals surface area contributed by atoms with Crippen LogP contribution in [0, 0.1) is 19.7 Å². The average molecular weight is 246 g/mol. The van der Waals surface area contributed by atoms with E-state index in [0.717, 1.165) is 11.1 Å². The lowest BCUT2D eigenvalue weighted by Gasteiger charge is -2.10. The highest BCUT2D eigenvalue weighted by Crippen LogP contribution is 2.26. The van der Waals surface area contributed by atoms with Crippen LogP contribution in [-0.2, 0) is 6.61 Å². The number of hydrogen-bond donors (Lipinski definition) is 1. The summed E-state index contributed by atoms with van der Waals surface area (Å²) in [7, 11) is 0. The van der Waals surface area contributed by atoms with Crippen LogP contribution in [0.1, 0.15) is 16.7 Å². The molecule has 0 saturated heterocycles. The normalized spacial score (nSPS) is 10.4. The lowest BCUT2D eigenvalue weighted by molar-refractivity contribution is 0.281. The number of aliphatic hydroxyl groups is 1. The molecule has 0 fully saturated rings. The van der Waals surface area contributed by atoms with Gasteiger partial charge in [-0.2, -0.15) is 0 Å². The molecular weight excluding hydrogens is 231 g/mol. The summed E-state index contributed by atoms with van der Waals surface area (Å²) in [6, 6.07) is 10.2. The van der Waals surface area contributed by atoms with Crippen LogP contribution in [0.4, 0.5) is 4.39 Å². The molecule has 0 aliphatic carbocycles. The van der Waals surface area contributed by atoms with Crippen molar-refractivity contribution in [2.24, 2.45) is 0 Å². The van der Waals surface area contributed by atoms with E-state index in [1.165, 1.54) is 6.07 Å². The fourth-order valence-corrected chi connectivity index (χ4v) is 1.69. The molecule has 0 radical (unpaired) electrons. The van der Waals surface area contributed by atoms with E-state index in [0.29, 0.717) is 17.1 Å². The lowest BCUT2D eigenvalue weighted by atomic mass is 10.1.